The molecule has 0 spiro atoms. The van der Waals surface area contributed by atoms with Crippen molar-refractivity contribution < 1.29 is 4.74 Å². The molecule has 2 rings (SSSR count). The molecule has 0 aromatic heterocycles. The van der Waals surface area contributed by atoms with Gasteiger partial charge in [-0.15, -0.1) is 0 Å². The van der Waals surface area contributed by atoms with Crippen LogP contribution in [0.4, 0.5) is 0 Å². The summed E-state index contributed by atoms with van der Waals surface area (Å²) in [6.07, 6.45) is 5.95. The number of benzene rings is 1. The van der Waals surface area contributed by atoms with E-state index in [-0.39, 0.29) is 5.60 Å². The molecule has 118 valence electrons. The summed E-state index contributed by atoms with van der Waals surface area (Å²) in [5.74, 6) is 0. The van der Waals surface area contributed by atoms with Gasteiger partial charge in [0.05, 0.1) is 5.60 Å². The predicted molar refractivity (Wildman–Crippen MR) is 89.7 cm³/mol. The molecule has 0 saturated carbocycles. The Balaban J connectivity index is 1.89. The molecule has 1 aliphatic heterocycles. The lowest BCUT2D eigenvalue weighted by atomic mass is 9.93. The standard InChI is InChI=1S/C19H31NO/c1-5-6-7-16-8-10-17(11-9-16)15(2)20-18-12-13-21-19(3,4)14-18/h8-11,15,18,20H,5-7,12-14H2,1-4H3. The predicted octanol–water partition coefficient (Wildman–Crippen LogP) is 4.64. The van der Waals surface area contributed by atoms with Gasteiger partial charge in [0, 0.05) is 18.7 Å². The van der Waals surface area contributed by atoms with Crippen LogP contribution in [-0.4, -0.2) is 18.2 Å². The van der Waals surface area contributed by atoms with E-state index in [1.165, 1.54) is 30.4 Å². The minimum atomic E-state index is 0.0135. The van der Waals surface area contributed by atoms with E-state index in [4.69, 9.17) is 4.74 Å². The topological polar surface area (TPSA) is 21.3 Å². The number of unbranched alkanes of at least 4 members (excludes halogenated alkanes) is 1. The van der Waals surface area contributed by atoms with Gasteiger partial charge in [-0.2, -0.15) is 0 Å². The molecule has 1 saturated heterocycles. The number of hydrogen-bond donors (Lipinski definition) is 1. The number of ether oxygens (including phenoxy) is 1. The van der Waals surface area contributed by atoms with Gasteiger partial charge >= 0.3 is 0 Å². The maximum atomic E-state index is 5.80. The first-order valence-electron chi connectivity index (χ1n) is 8.49. The minimum absolute atomic E-state index is 0.0135. The van der Waals surface area contributed by atoms with E-state index in [0.717, 1.165) is 19.4 Å². The Kier molecular flexibility index (Phi) is 5.83. The molecule has 0 aliphatic carbocycles. The molecular weight excluding hydrogens is 258 g/mol. The average Bonchev–Trinajstić information content (AvgIpc) is 2.44. The normalized spacial score (nSPS) is 23.0. The third kappa shape index (κ3) is 5.12. The highest BCUT2D eigenvalue weighted by atomic mass is 16.5. The van der Waals surface area contributed by atoms with Gasteiger partial charge in [-0.3, -0.25) is 0 Å². The molecule has 1 fully saturated rings. The highest BCUT2D eigenvalue weighted by Crippen LogP contribution is 2.26. The molecule has 1 N–H and O–H groups in total. The zero-order valence-electron chi connectivity index (χ0n) is 14.1. The van der Waals surface area contributed by atoms with Crippen LogP contribution < -0.4 is 5.32 Å². The molecule has 1 aromatic rings. The summed E-state index contributed by atoms with van der Waals surface area (Å²) in [5.41, 5.74) is 2.86. The third-order valence-electron chi connectivity index (χ3n) is 4.48. The van der Waals surface area contributed by atoms with Crippen LogP contribution in [-0.2, 0) is 11.2 Å². The van der Waals surface area contributed by atoms with Crippen LogP contribution >= 0.6 is 0 Å². The van der Waals surface area contributed by atoms with Crippen LogP contribution in [0.3, 0.4) is 0 Å². The van der Waals surface area contributed by atoms with E-state index in [2.05, 4.69) is 57.3 Å². The summed E-state index contributed by atoms with van der Waals surface area (Å²) >= 11 is 0. The Bertz CT molecular complexity index is 424. The van der Waals surface area contributed by atoms with Crippen molar-refractivity contribution in [2.45, 2.75) is 77.5 Å². The number of hydrogen-bond acceptors (Lipinski definition) is 2. The van der Waals surface area contributed by atoms with E-state index in [1.54, 1.807) is 0 Å². The van der Waals surface area contributed by atoms with Crippen molar-refractivity contribution in [3.05, 3.63) is 35.4 Å². The number of aryl methyl sites for hydroxylation is 1. The molecule has 0 bridgehead atoms. The first-order valence-corrected chi connectivity index (χ1v) is 8.49. The molecular formula is C19H31NO. The summed E-state index contributed by atoms with van der Waals surface area (Å²) in [7, 11) is 0. The average molecular weight is 289 g/mol. The maximum absolute atomic E-state index is 5.80. The highest BCUT2D eigenvalue weighted by Gasteiger charge is 2.29. The van der Waals surface area contributed by atoms with Gasteiger partial charge in [0.25, 0.3) is 0 Å². The second kappa shape index (κ2) is 7.42. The van der Waals surface area contributed by atoms with Gasteiger partial charge in [0.15, 0.2) is 0 Å². The van der Waals surface area contributed by atoms with Crippen LogP contribution in [0, 0.1) is 0 Å². The van der Waals surface area contributed by atoms with Gasteiger partial charge in [0.1, 0.15) is 0 Å². The van der Waals surface area contributed by atoms with Gasteiger partial charge in [-0.25, -0.2) is 0 Å². The maximum Gasteiger partial charge on any atom is 0.0641 e. The summed E-state index contributed by atoms with van der Waals surface area (Å²) in [6.45, 7) is 9.76. The Morgan fingerprint density at radius 1 is 1.29 bits per heavy atom. The SMILES string of the molecule is CCCCc1ccc(C(C)NC2CCOC(C)(C)C2)cc1. The fraction of sp³-hybridized carbons (Fsp3) is 0.684. The molecule has 0 radical (unpaired) electrons. The Hall–Kier alpha value is -0.860. The summed E-state index contributed by atoms with van der Waals surface area (Å²) in [4.78, 5) is 0. The fourth-order valence-corrected chi connectivity index (χ4v) is 3.18. The van der Waals surface area contributed by atoms with Crippen molar-refractivity contribution in [3.8, 4) is 0 Å². The number of nitrogens with one attached hydrogen (secondary N) is 1. The van der Waals surface area contributed by atoms with E-state index in [1.807, 2.05) is 0 Å². The molecule has 2 nitrogen and oxygen atoms in total. The second-order valence-electron chi connectivity index (χ2n) is 7.03. The van der Waals surface area contributed by atoms with Crippen molar-refractivity contribution in [1.29, 1.82) is 0 Å². The first kappa shape index (κ1) is 16.5. The van der Waals surface area contributed by atoms with Crippen LogP contribution in [0.25, 0.3) is 0 Å². The van der Waals surface area contributed by atoms with Crippen molar-refractivity contribution in [2.24, 2.45) is 0 Å². The van der Waals surface area contributed by atoms with Crippen LogP contribution in [0.1, 0.15) is 70.5 Å². The molecule has 1 aromatic carbocycles. The smallest absolute Gasteiger partial charge is 0.0641 e. The summed E-state index contributed by atoms with van der Waals surface area (Å²) in [5, 5.41) is 3.77. The number of rotatable bonds is 6. The van der Waals surface area contributed by atoms with Crippen LogP contribution in [0.5, 0.6) is 0 Å². The summed E-state index contributed by atoms with van der Waals surface area (Å²) < 4.78 is 5.80. The molecule has 0 amide bonds. The van der Waals surface area contributed by atoms with Gasteiger partial charge in [-0.05, 0) is 57.6 Å². The van der Waals surface area contributed by atoms with E-state index >= 15 is 0 Å². The third-order valence-corrected chi connectivity index (χ3v) is 4.48. The Morgan fingerprint density at radius 3 is 2.62 bits per heavy atom. The monoisotopic (exact) mass is 289 g/mol. The van der Waals surface area contributed by atoms with Crippen molar-refractivity contribution in [1.82, 2.24) is 5.32 Å². The highest BCUT2D eigenvalue weighted by molar-refractivity contribution is 5.25. The Labute approximate surface area is 130 Å². The van der Waals surface area contributed by atoms with E-state index in [9.17, 15) is 0 Å². The first-order chi connectivity index (χ1) is 10.00. The zero-order chi connectivity index (χ0) is 15.3. The zero-order valence-corrected chi connectivity index (χ0v) is 14.1. The van der Waals surface area contributed by atoms with E-state index < -0.39 is 0 Å². The lowest BCUT2D eigenvalue weighted by molar-refractivity contribution is -0.0639. The summed E-state index contributed by atoms with van der Waals surface area (Å²) in [6, 6.07) is 10.1. The van der Waals surface area contributed by atoms with Gasteiger partial charge in [-0.1, -0.05) is 37.6 Å². The molecule has 1 heterocycles. The lowest BCUT2D eigenvalue weighted by Crippen LogP contribution is -2.44. The largest absolute Gasteiger partial charge is 0.375 e. The molecule has 2 heteroatoms. The fourth-order valence-electron chi connectivity index (χ4n) is 3.18. The van der Waals surface area contributed by atoms with Crippen LogP contribution in [0.15, 0.2) is 24.3 Å². The van der Waals surface area contributed by atoms with Crippen LogP contribution in [0.2, 0.25) is 0 Å². The molecule has 1 aliphatic rings. The van der Waals surface area contributed by atoms with Crippen molar-refractivity contribution in [2.75, 3.05) is 6.61 Å². The second-order valence-corrected chi connectivity index (χ2v) is 7.03. The molecule has 21 heavy (non-hydrogen) atoms. The van der Waals surface area contributed by atoms with Crippen molar-refractivity contribution in [3.63, 3.8) is 0 Å². The molecule has 2 unspecified atom stereocenters. The Morgan fingerprint density at radius 2 is 2.00 bits per heavy atom. The van der Waals surface area contributed by atoms with Gasteiger partial charge < -0.3 is 10.1 Å². The van der Waals surface area contributed by atoms with Gasteiger partial charge in [0.2, 0.25) is 0 Å². The van der Waals surface area contributed by atoms with E-state index in [0.29, 0.717) is 12.1 Å². The minimum Gasteiger partial charge on any atom is -0.375 e. The molecule has 2 atom stereocenters. The lowest BCUT2D eigenvalue weighted by Gasteiger charge is -2.37. The van der Waals surface area contributed by atoms with Crippen molar-refractivity contribution >= 4 is 0 Å². The quantitative estimate of drug-likeness (QED) is 0.824.